The lowest BCUT2D eigenvalue weighted by Crippen LogP contribution is -2.47. The van der Waals surface area contributed by atoms with Crippen LogP contribution in [0.4, 0.5) is 16.2 Å². The summed E-state index contributed by atoms with van der Waals surface area (Å²) in [7, 11) is 2.04. The third-order valence-corrected chi connectivity index (χ3v) is 4.55. The summed E-state index contributed by atoms with van der Waals surface area (Å²) in [5.74, 6) is -0.0690. The van der Waals surface area contributed by atoms with E-state index in [1.54, 1.807) is 48.5 Å². The third-order valence-electron chi connectivity index (χ3n) is 4.30. The van der Waals surface area contributed by atoms with Gasteiger partial charge in [0, 0.05) is 36.9 Å². The number of amides is 3. The van der Waals surface area contributed by atoms with Crippen molar-refractivity contribution in [3.8, 4) is 0 Å². The van der Waals surface area contributed by atoms with E-state index in [2.05, 4.69) is 15.5 Å². The quantitative estimate of drug-likeness (QED) is 0.868. The van der Waals surface area contributed by atoms with E-state index in [9.17, 15) is 9.59 Å². The molecule has 0 spiro atoms. The number of rotatable bonds is 3. The number of piperazine rings is 1. The summed E-state index contributed by atoms with van der Waals surface area (Å²) in [6.45, 7) is 3.05. The Kier molecular flexibility index (Phi) is 5.75. The number of carbonyl (C=O) groups is 2. The molecule has 1 aliphatic heterocycles. The second-order valence-corrected chi connectivity index (χ2v) is 6.66. The molecule has 2 aromatic carbocycles. The van der Waals surface area contributed by atoms with Crippen LogP contribution in [0.3, 0.4) is 0 Å². The highest BCUT2D eigenvalue weighted by Crippen LogP contribution is 2.19. The maximum absolute atomic E-state index is 12.8. The van der Waals surface area contributed by atoms with Crippen molar-refractivity contribution in [1.82, 2.24) is 9.80 Å². The Morgan fingerprint density at radius 3 is 2.27 bits per heavy atom. The van der Waals surface area contributed by atoms with E-state index in [-0.39, 0.29) is 5.91 Å². The van der Waals surface area contributed by atoms with Crippen molar-refractivity contribution in [2.24, 2.45) is 0 Å². The highest BCUT2D eigenvalue weighted by molar-refractivity contribution is 6.30. The predicted molar refractivity (Wildman–Crippen MR) is 104 cm³/mol. The molecule has 2 aromatic rings. The van der Waals surface area contributed by atoms with E-state index in [0.29, 0.717) is 35.1 Å². The predicted octanol–water partition coefficient (Wildman–Crippen LogP) is 3.37. The number of para-hydroxylation sites is 1. The summed E-state index contributed by atoms with van der Waals surface area (Å²) >= 11 is 5.84. The van der Waals surface area contributed by atoms with Gasteiger partial charge < -0.3 is 20.4 Å². The van der Waals surface area contributed by atoms with Gasteiger partial charge in [-0.05, 0) is 43.4 Å². The minimum Gasteiger partial charge on any atom is -0.336 e. The Bertz CT molecular complexity index is 786. The highest BCUT2D eigenvalue weighted by Gasteiger charge is 2.22. The number of anilines is 2. The zero-order valence-corrected chi connectivity index (χ0v) is 15.3. The van der Waals surface area contributed by atoms with Gasteiger partial charge in [-0.25, -0.2) is 4.79 Å². The Hall–Kier alpha value is -2.57. The molecular weight excluding hydrogens is 352 g/mol. The van der Waals surface area contributed by atoms with Gasteiger partial charge in [-0.15, -0.1) is 0 Å². The number of benzene rings is 2. The van der Waals surface area contributed by atoms with E-state index in [1.165, 1.54) is 0 Å². The Balaban J connectivity index is 1.69. The van der Waals surface area contributed by atoms with Gasteiger partial charge in [0.25, 0.3) is 5.91 Å². The Labute approximate surface area is 157 Å². The largest absolute Gasteiger partial charge is 0.336 e. The highest BCUT2D eigenvalue weighted by atomic mass is 35.5. The van der Waals surface area contributed by atoms with Gasteiger partial charge in [0.2, 0.25) is 0 Å². The summed E-state index contributed by atoms with van der Waals surface area (Å²) in [6.07, 6.45) is 0. The van der Waals surface area contributed by atoms with Gasteiger partial charge in [0.15, 0.2) is 0 Å². The van der Waals surface area contributed by atoms with Crippen molar-refractivity contribution in [1.29, 1.82) is 0 Å². The number of urea groups is 1. The van der Waals surface area contributed by atoms with Crippen molar-refractivity contribution >= 4 is 34.9 Å². The third kappa shape index (κ3) is 4.53. The van der Waals surface area contributed by atoms with Crippen LogP contribution in [0, 0.1) is 0 Å². The number of likely N-dealkylation sites (N-methyl/N-ethyl adjacent to an activating group) is 1. The first-order valence-electron chi connectivity index (χ1n) is 8.43. The van der Waals surface area contributed by atoms with Gasteiger partial charge >= 0.3 is 6.03 Å². The van der Waals surface area contributed by atoms with Crippen molar-refractivity contribution in [2.75, 3.05) is 43.9 Å². The topological polar surface area (TPSA) is 64.7 Å². The minimum atomic E-state index is -0.411. The zero-order chi connectivity index (χ0) is 18.5. The SMILES string of the molecule is CN1CCN(C(=O)c2ccccc2NC(=O)Nc2ccc(Cl)cc2)CC1. The van der Waals surface area contributed by atoms with Crippen LogP contribution in [0.1, 0.15) is 10.4 Å². The first kappa shape index (κ1) is 18.2. The normalized spacial score (nSPS) is 14.8. The van der Waals surface area contributed by atoms with Gasteiger partial charge in [0.05, 0.1) is 11.3 Å². The molecule has 136 valence electrons. The minimum absolute atomic E-state index is 0.0690. The molecule has 0 aliphatic carbocycles. The molecule has 0 unspecified atom stereocenters. The molecule has 0 bridgehead atoms. The van der Waals surface area contributed by atoms with E-state index < -0.39 is 6.03 Å². The lowest BCUT2D eigenvalue weighted by atomic mass is 10.1. The van der Waals surface area contributed by atoms with E-state index >= 15 is 0 Å². The Morgan fingerprint density at radius 2 is 1.58 bits per heavy atom. The van der Waals surface area contributed by atoms with Crippen LogP contribution in [0.25, 0.3) is 0 Å². The molecule has 26 heavy (non-hydrogen) atoms. The first-order valence-corrected chi connectivity index (χ1v) is 8.81. The van der Waals surface area contributed by atoms with Crippen LogP contribution in [-0.4, -0.2) is 55.0 Å². The number of nitrogens with zero attached hydrogens (tertiary/aromatic N) is 2. The number of hydrogen-bond acceptors (Lipinski definition) is 3. The maximum atomic E-state index is 12.8. The van der Waals surface area contributed by atoms with Crippen LogP contribution in [-0.2, 0) is 0 Å². The summed E-state index contributed by atoms with van der Waals surface area (Å²) in [5, 5.41) is 6.09. The fraction of sp³-hybridized carbons (Fsp3) is 0.263. The molecule has 6 nitrogen and oxygen atoms in total. The van der Waals surface area contributed by atoms with Crippen LogP contribution in [0.15, 0.2) is 48.5 Å². The second-order valence-electron chi connectivity index (χ2n) is 6.23. The lowest BCUT2D eigenvalue weighted by molar-refractivity contribution is 0.0665. The standard InChI is InChI=1S/C19H21ClN4O2/c1-23-10-12-24(13-11-23)18(25)16-4-2-3-5-17(16)22-19(26)21-15-8-6-14(20)7-9-15/h2-9H,10-13H2,1H3,(H2,21,22,26). The van der Waals surface area contributed by atoms with Gasteiger partial charge in [-0.2, -0.15) is 0 Å². The molecule has 3 amide bonds. The molecule has 2 N–H and O–H groups in total. The van der Waals surface area contributed by atoms with Crippen LogP contribution in [0.5, 0.6) is 0 Å². The van der Waals surface area contributed by atoms with Crippen LogP contribution >= 0.6 is 11.6 Å². The van der Waals surface area contributed by atoms with Crippen LogP contribution < -0.4 is 10.6 Å². The molecule has 7 heteroatoms. The number of hydrogen-bond donors (Lipinski definition) is 2. The maximum Gasteiger partial charge on any atom is 0.323 e. The smallest absolute Gasteiger partial charge is 0.323 e. The molecule has 3 rings (SSSR count). The van der Waals surface area contributed by atoms with Gasteiger partial charge in [-0.3, -0.25) is 4.79 Å². The van der Waals surface area contributed by atoms with Crippen molar-refractivity contribution in [3.05, 3.63) is 59.1 Å². The van der Waals surface area contributed by atoms with Crippen molar-refractivity contribution in [2.45, 2.75) is 0 Å². The Morgan fingerprint density at radius 1 is 0.923 bits per heavy atom. The second kappa shape index (κ2) is 8.21. The molecule has 1 fully saturated rings. The average molecular weight is 373 g/mol. The summed E-state index contributed by atoms with van der Waals surface area (Å²) in [4.78, 5) is 29.1. The molecule has 0 radical (unpaired) electrons. The van der Waals surface area contributed by atoms with E-state index in [0.717, 1.165) is 13.1 Å². The van der Waals surface area contributed by atoms with Crippen molar-refractivity contribution in [3.63, 3.8) is 0 Å². The number of halogens is 1. The molecule has 1 saturated heterocycles. The number of carbonyl (C=O) groups excluding carboxylic acids is 2. The number of nitrogens with one attached hydrogen (secondary N) is 2. The van der Waals surface area contributed by atoms with Crippen molar-refractivity contribution < 1.29 is 9.59 Å². The average Bonchev–Trinajstić information content (AvgIpc) is 2.64. The molecule has 1 aliphatic rings. The first-order chi connectivity index (χ1) is 12.5. The van der Waals surface area contributed by atoms with E-state index in [1.807, 2.05) is 11.9 Å². The fourth-order valence-corrected chi connectivity index (χ4v) is 2.90. The molecule has 0 atom stereocenters. The molecule has 1 heterocycles. The molecule has 0 aromatic heterocycles. The van der Waals surface area contributed by atoms with Crippen LogP contribution in [0.2, 0.25) is 5.02 Å². The van der Waals surface area contributed by atoms with E-state index in [4.69, 9.17) is 11.6 Å². The zero-order valence-electron chi connectivity index (χ0n) is 14.5. The lowest BCUT2D eigenvalue weighted by Gasteiger charge is -2.32. The monoisotopic (exact) mass is 372 g/mol. The summed E-state index contributed by atoms with van der Waals surface area (Å²) < 4.78 is 0. The van der Waals surface area contributed by atoms with Gasteiger partial charge in [0.1, 0.15) is 0 Å². The summed E-state index contributed by atoms with van der Waals surface area (Å²) in [6, 6.07) is 13.5. The molecule has 0 saturated carbocycles. The molecular formula is C19H21ClN4O2. The van der Waals surface area contributed by atoms with Gasteiger partial charge in [-0.1, -0.05) is 23.7 Å². The fourth-order valence-electron chi connectivity index (χ4n) is 2.78. The summed E-state index contributed by atoms with van der Waals surface area (Å²) in [5.41, 5.74) is 1.60.